The summed E-state index contributed by atoms with van der Waals surface area (Å²) in [7, 11) is -2.17. The summed E-state index contributed by atoms with van der Waals surface area (Å²) in [6, 6.07) is 0. The molecule has 10 heteroatoms. The molecule has 0 radical (unpaired) electrons. The summed E-state index contributed by atoms with van der Waals surface area (Å²) in [5.41, 5.74) is 0. The van der Waals surface area contributed by atoms with E-state index in [-0.39, 0.29) is 0 Å². The highest BCUT2D eigenvalue weighted by Crippen LogP contribution is 1.46. The van der Waals surface area contributed by atoms with Crippen molar-refractivity contribution in [2.75, 3.05) is 19.8 Å². The summed E-state index contributed by atoms with van der Waals surface area (Å²) in [5, 5.41) is 21.5. The third-order valence-electron chi connectivity index (χ3n) is 0.500. The topological polar surface area (TPSA) is 166 Å². The molecule has 0 bridgehead atoms. The minimum Gasteiger partial charge on any atom is -0.402 e. The average Bonchev–Trinajstić information content (AvgIpc) is 2.28. The lowest BCUT2D eigenvalue weighted by Gasteiger charge is -1.76. The van der Waals surface area contributed by atoms with Crippen molar-refractivity contribution in [3.05, 3.63) is 0 Å². The van der Waals surface area contributed by atoms with E-state index in [4.69, 9.17) is 15.1 Å². The highest BCUT2D eigenvalue weighted by atomic mass is 16.6. The van der Waals surface area contributed by atoms with Gasteiger partial charge in [0.15, 0.2) is 0 Å². The molecule has 0 aromatic rings. The fourth-order valence-electron chi connectivity index (χ4n) is 0. The fourth-order valence-corrected chi connectivity index (χ4v) is 0. The van der Waals surface area contributed by atoms with Crippen LogP contribution in [0.25, 0.3) is 0 Å². The summed E-state index contributed by atoms with van der Waals surface area (Å²) >= 11 is 0. The standard InChI is InChI=1S/3C2H7NO.BH3O3/c3*1-2-4-3;2-1(3)4/h3*2-3H2,1H3;2-4H. The molecule has 0 heterocycles. The zero-order chi connectivity index (χ0) is 13.8. The van der Waals surface area contributed by atoms with Crippen LogP contribution in [0.1, 0.15) is 20.8 Å². The van der Waals surface area contributed by atoms with Gasteiger partial charge in [-0.15, -0.1) is 0 Å². The lowest BCUT2D eigenvalue weighted by Crippen LogP contribution is -2.07. The van der Waals surface area contributed by atoms with E-state index in [1.165, 1.54) is 0 Å². The van der Waals surface area contributed by atoms with Crippen molar-refractivity contribution < 1.29 is 29.6 Å². The lowest BCUT2D eigenvalue weighted by molar-refractivity contribution is 0.152. The molecule has 0 amide bonds. The van der Waals surface area contributed by atoms with Gasteiger partial charge in [0.25, 0.3) is 0 Å². The second kappa shape index (κ2) is 36.4. The summed E-state index contributed by atoms with van der Waals surface area (Å²) in [5.74, 6) is 13.6. The zero-order valence-electron chi connectivity index (χ0n) is 10.00. The van der Waals surface area contributed by atoms with Crippen molar-refractivity contribution >= 4 is 7.32 Å². The van der Waals surface area contributed by atoms with Crippen LogP contribution in [0.4, 0.5) is 0 Å². The molecule has 9 N–H and O–H groups in total. The van der Waals surface area contributed by atoms with E-state index in [0.29, 0.717) is 19.8 Å². The summed E-state index contributed by atoms with van der Waals surface area (Å²) in [4.78, 5) is 12.1. The van der Waals surface area contributed by atoms with E-state index >= 15 is 0 Å². The second-order valence-corrected chi connectivity index (χ2v) is 1.71. The lowest BCUT2D eigenvalue weighted by atomic mass is 10.3. The zero-order valence-corrected chi connectivity index (χ0v) is 10.00. The normalized spacial score (nSPS) is 7.31. The number of rotatable bonds is 3. The van der Waals surface area contributed by atoms with Gasteiger partial charge in [-0.25, -0.2) is 17.7 Å². The molecule has 0 fully saturated rings. The monoisotopic (exact) mass is 245 g/mol. The molecule has 0 rings (SSSR count). The Bertz CT molecular complexity index is 65.0. The minimum atomic E-state index is -2.17. The van der Waals surface area contributed by atoms with Crippen molar-refractivity contribution in [3.63, 3.8) is 0 Å². The van der Waals surface area contributed by atoms with Gasteiger partial charge in [0, 0.05) is 0 Å². The van der Waals surface area contributed by atoms with Gasteiger partial charge in [0.1, 0.15) is 0 Å². The van der Waals surface area contributed by atoms with Gasteiger partial charge in [0.2, 0.25) is 0 Å². The second-order valence-electron chi connectivity index (χ2n) is 1.71. The van der Waals surface area contributed by atoms with Crippen molar-refractivity contribution in [2.24, 2.45) is 17.7 Å². The third kappa shape index (κ3) is 302. The van der Waals surface area contributed by atoms with Gasteiger partial charge >= 0.3 is 7.32 Å². The van der Waals surface area contributed by atoms with Crippen molar-refractivity contribution in [1.82, 2.24) is 0 Å². The molecule has 0 aromatic heterocycles. The number of hydrogen-bond donors (Lipinski definition) is 6. The van der Waals surface area contributed by atoms with Gasteiger partial charge in [0.05, 0.1) is 19.8 Å². The molecule has 0 aliphatic rings. The highest BCUT2D eigenvalue weighted by molar-refractivity contribution is 6.30. The quantitative estimate of drug-likeness (QED) is 0.235. The van der Waals surface area contributed by atoms with E-state index in [1.807, 2.05) is 20.8 Å². The van der Waals surface area contributed by atoms with Crippen molar-refractivity contribution in [3.8, 4) is 0 Å². The van der Waals surface area contributed by atoms with Crippen LogP contribution in [0, 0.1) is 0 Å². The first kappa shape index (κ1) is 24.8. The first-order chi connectivity index (χ1) is 7.47. The SMILES string of the molecule is CCON.CCON.CCON.OB(O)O. The highest BCUT2D eigenvalue weighted by Gasteiger charge is 1.92. The molecule has 0 saturated carbocycles. The van der Waals surface area contributed by atoms with Gasteiger partial charge in [-0.05, 0) is 20.8 Å². The smallest absolute Gasteiger partial charge is 0.402 e. The maximum atomic E-state index is 7.17. The van der Waals surface area contributed by atoms with Crippen LogP contribution in [-0.2, 0) is 14.5 Å². The van der Waals surface area contributed by atoms with Crippen LogP contribution in [0.3, 0.4) is 0 Å². The van der Waals surface area contributed by atoms with Crippen molar-refractivity contribution in [2.45, 2.75) is 20.8 Å². The maximum absolute atomic E-state index is 7.17. The minimum absolute atomic E-state index is 0.597. The molecule has 0 aliphatic heterocycles. The Balaban J connectivity index is -0.0000000600. The van der Waals surface area contributed by atoms with Crippen LogP contribution in [0.15, 0.2) is 0 Å². The van der Waals surface area contributed by atoms with Gasteiger partial charge in [-0.3, -0.25) is 0 Å². The fraction of sp³-hybridized carbons (Fsp3) is 1.00. The van der Waals surface area contributed by atoms with E-state index in [9.17, 15) is 0 Å². The third-order valence-corrected chi connectivity index (χ3v) is 0.500. The van der Waals surface area contributed by atoms with E-state index in [0.717, 1.165) is 0 Å². The molecule has 9 nitrogen and oxygen atoms in total. The molecule has 0 unspecified atom stereocenters. The van der Waals surface area contributed by atoms with Crippen LogP contribution in [0.5, 0.6) is 0 Å². The Morgan fingerprint density at radius 1 is 0.750 bits per heavy atom. The van der Waals surface area contributed by atoms with Crippen LogP contribution >= 0.6 is 0 Å². The molecule has 102 valence electrons. The number of hydrogen-bond acceptors (Lipinski definition) is 9. The Morgan fingerprint density at radius 3 is 0.812 bits per heavy atom. The first-order valence-corrected chi connectivity index (χ1v) is 4.47. The van der Waals surface area contributed by atoms with Crippen LogP contribution < -0.4 is 17.7 Å². The Kier molecular flexibility index (Phi) is 56.5. The number of nitrogens with two attached hydrogens (primary N) is 3. The summed E-state index contributed by atoms with van der Waals surface area (Å²) in [6.07, 6.45) is 0. The van der Waals surface area contributed by atoms with Crippen molar-refractivity contribution in [1.29, 1.82) is 0 Å². The maximum Gasteiger partial charge on any atom is 0.631 e. The molecular weight excluding hydrogens is 221 g/mol. The van der Waals surface area contributed by atoms with Crippen LogP contribution in [-0.4, -0.2) is 42.2 Å². The molecule has 16 heavy (non-hydrogen) atoms. The van der Waals surface area contributed by atoms with Gasteiger partial charge in [-0.1, -0.05) is 0 Å². The Morgan fingerprint density at radius 2 is 0.812 bits per heavy atom. The predicted molar refractivity (Wildman–Crippen MR) is 59.9 cm³/mol. The molecular formula is C6H24BN3O6. The average molecular weight is 245 g/mol. The van der Waals surface area contributed by atoms with E-state index < -0.39 is 7.32 Å². The van der Waals surface area contributed by atoms with Gasteiger partial charge in [-0.2, -0.15) is 0 Å². The summed E-state index contributed by atoms with van der Waals surface area (Å²) in [6.45, 7) is 7.29. The Labute approximate surface area is 96.1 Å². The van der Waals surface area contributed by atoms with Gasteiger partial charge < -0.3 is 29.6 Å². The summed E-state index contributed by atoms with van der Waals surface area (Å²) < 4.78 is 0. The molecule has 0 aliphatic carbocycles. The molecule has 0 aromatic carbocycles. The molecule has 0 spiro atoms. The van der Waals surface area contributed by atoms with E-state index in [2.05, 4.69) is 32.2 Å². The molecule has 0 atom stereocenters. The predicted octanol–water partition coefficient (Wildman–Crippen LogP) is -2.36. The molecule has 0 saturated heterocycles. The van der Waals surface area contributed by atoms with Crippen LogP contribution in [0.2, 0.25) is 0 Å². The van der Waals surface area contributed by atoms with E-state index in [1.54, 1.807) is 0 Å². The largest absolute Gasteiger partial charge is 0.631 e. The Hall–Kier alpha value is -0.295. The first-order valence-electron chi connectivity index (χ1n) is 4.47.